The Hall–Kier alpha value is -2.91. The van der Waals surface area contributed by atoms with Crippen molar-refractivity contribution in [1.29, 1.82) is 0 Å². The van der Waals surface area contributed by atoms with Crippen molar-refractivity contribution in [1.82, 2.24) is 13.4 Å². The lowest BCUT2D eigenvalue weighted by atomic mass is 10.3. The van der Waals surface area contributed by atoms with E-state index in [1.165, 1.54) is 25.6 Å². The summed E-state index contributed by atoms with van der Waals surface area (Å²) in [5.41, 5.74) is 1.61. The SMILES string of the molecule is CCCCN(C)S(=O)(=O)c1ccc(NC(=O)Cn2c(=O)n(C)c3ccccc32)cc1. The van der Waals surface area contributed by atoms with Crippen molar-refractivity contribution in [3.8, 4) is 0 Å². The highest BCUT2D eigenvalue weighted by Crippen LogP contribution is 2.18. The largest absolute Gasteiger partial charge is 0.329 e. The van der Waals surface area contributed by atoms with E-state index in [1.807, 2.05) is 25.1 Å². The minimum absolute atomic E-state index is 0.139. The molecule has 0 atom stereocenters. The number of imidazole rings is 1. The summed E-state index contributed by atoms with van der Waals surface area (Å²) < 4.78 is 29.4. The smallest absolute Gasteiger partial charge is 0.325 e. The summed E-state index contributed by atoms with van der Waals surface area (Å²) in [6.45, 7) is 2.32. The molecule has 0 spiro atoms. The number of sulfonamides is 1. The number of para-hydroxylation sites is 2. The highest BCUT2D eigenvalue weighted by atomic mass is 32.2. The normalized spacial score (nSPS) is 11.9. The molecule has 3 rings (SSSR count). The van der Waals surface area contributed by atoms with E-state index < -0.39 is 10.0 Å². The first-order valence-electron chi connectivity index (χ1n) is 9.76. The first-order chi connectivity index (χ1) is 14.3. The van der Waals surface area contributed by atoms with Crippen molar-refractivity contribution in [2.45, 2.75) is 31.2 Å². The third-order valence-electron chi connectivity index (χ3n) is 5.03. The molecule has 0 unspecified atom stereocenters. The van der Waals surface area contributed by atoms with E-state index in [4.69, 9.17) is 0 Å². The van der Waals surface area contributed by atoms with Crippen LogP contribution in [0.5, 0.6) is 0 Å². The molecule has 1 amide bonds. The lowest BCUT2D eigenvalue weighted by Gasteiger charge is -2.17. The van der Waals surface area contributed by atoms with Gasteiger partial charge in [-0.25, -0.2) is 17.5 Å². The van der Waals surface area contributed by atoms with Gasteiger partial charge in [-0.1, -0.05) is 25.5 Å². The van der Waals surface area contributed by atoms with Crippen LogP contribution in [0.15, 0.2) is 58.2 Å². The molecule has 160 valence electrons. The number of unbranched alkanes of at least 4 members (excludes halogenated alkanes) is 1. The molecule has 1 aromatic heterocycles. The van der Waals surface area contributed by atoms with Crippen molar-refractivity contribution < 1.29 is 13.2 Å². The molecule has 0 saturated heterocycles. The molecule has 0 aliphatic carbocycles. The zero-order valence-corrected chi connectivity index (χ0v) is 18.1. The predicted octanol–water partition coefficient (Wildman–Crippen LogP) is 2.40. The van der Waals surface area contributed by atoms with Crippen LogP contribution in [0, 0.1) is 0 Å². The Morgan fingerprint density at radius 2 is 1.70 bits per heavy atom. The van der Waals surface area contributed by atoms with Crippen molar-refractivity contribution in [3.63, 3.8) is 0 Å². The average Bonchev–Trinajstić information content (AvgIpc) is 2.97. The summed E-state index contributed by atoms with van der Waals surface area (Å²) in [6.07, 6.45) is 1.70. The van der Waals surface area contributed by atoms with Crippen molar-refractivity contribution >= 4 is 32.7 Å². The van der Waals surface area contributed by atoms with E-state index in [-0.39, 0.29) is 23.0 Å². The Balaban J connectivity index is 1.73. The Labute approximate surface area is 175 Å². The molecule has 30 heavy (non-hydrogen) atoms. The first-order valence-corrected chi connectivity index (χ1v) is 11.2. The minimum Gasteiger partial charge on any atom is -0.325 e. The molecular weight excluding hydrogens is 404 g/mol. The molecule has 0 aliphatic rings. The number of hydrogen-bond acceptors (Lipinski definition) is 4. The number of carbonyl (C=O) groups excluding carboxylic acids is 1. The molecule has 1 N–H and O–H groups in total. The zero-order valence-electron chi connectivity index (χ0n) is 17.3. The maximum atomic E-state index is 12.6. The van der Waals surface area contributed by atoms with Gasteiger partial charge in [0.15, 0.2) is 0 Å². The lowest BCUT2D eigenvalue weighted by molar-refractivity contribution is -0.116. The van der Waals surface area contributed by atoms with Crippen LogP contribution in [0.25, 0.3) is 11.0 Å². The molecule has 0 saturated carbocycles. The van der Waals surface area contributed by atoms with Gasteiger partial charge in [-0.2, -0.15) is 0 Å². The van der Waals surface area contributed by atoms with Crippen molar-refractivity contribution in [2.75, 3.05) is 18.9 Å². The van der Waals surface area contributed by atoms with Crippen molar-refractivity contribution in [3.05, 3.63) is 59.0 Å². The number of hydrogen-bond donors (Lipinski definition) is 1. The monoisotopic (exact) mass is 430 g/mol. The number of aryl methyl sites for hydroxylation is 1. The molecule has 2 aromatic carbocycles. The molecule has 0 fully saturated rings. The first kappa shape index (κ1) is 21.8. The Morgan fingerprint density at radius 3 is 2.33 bits per heavy atom. The summed E-state index contributed by atoms with van der Waals surface area (Å²) in [6, 6.07) is 13.3. The second kappa shape index (κ2) is 8.85. The zero-order chi connectivity index (χ0) is 21.9. The van der Waals surface area contributed by atoms with Crippen LogP contribution in [0.2, 0.25) is 0 Å². The van der Waals surface area contributed by atoms with Gasteiger partial charge in [0.1, 0.15) is 6.54 Å². The van der Waals surface area contributed by atoms with Crippen LogP contribution < -0.4 is 11.0 Å². The number of carbonyl (C=O) groups is 1. The Bertz CT molecular complexity index is 1210. The molecule has 8 nitrogen and oxygen atoms in total. The number of benzene rings is 2. The number of fused-ring (bicyclic) bond motifs is 1. The maximum Gasteiger partial charge on any atom is 0.329 e. The third kappa shape index (κ3) is 4.31. The van der Waals surface area contributed by atoms with Crippen LogP contribution in [0.4, 0.5) is 5.69 Å². The predicted molar refractivity (Wildman–Crippen MR) is 117 cm³/mol. The molecular formula is C21H26N4O4S. The molecule has 0 radical (unpaired) electrons. The fraction of sp³-hybridized carbons (Fsp3) is 0.333. The summed E-state index contributed by atoms with van der Waals surface area (Å²) in [7, 11) is -0.339. The number of aromatic nitrogens is 2. The van der Waals surface area contributed by atoms with Gasteiger partial charge in [-0.15, -0.1) is 0 Å². The van der Waals surface area contributed by atoms with Gasteiger partial charge in [-0.3, -0.25) is 13.9 Å². The van der Waals surface area contributed by atoms with E-state index >= 15 is 0 Å². The third-order valence-corrected chi connectivity index (χ3v) is 6.90. The number of nitrogens with one attached hydrogen (secondary N) is 1. The molecule has 3 aromatic rings. The molecule has 0 bridgehead atoms. The Kier molecular flexibility index (Phi) is 6.42. The second-order valence-corrected chi connectivity index (χ2v) is 9.21. The van der Waals surface area contributed by atoms with Crippen molar-refractivity contribution in [2.24, 2.45) is 7.05 Å². The number of rotatable bonds is 8. The van der Waals surface area contributed by atoms with Crippen LogP contribution >= 0.6 is 0 Å². The maximum absolute atomic E-state index is 12.6. The fourth-order valence-corrected chi connectivity index (χ4v) is 4.46. The number of nitrogens with zero attached hydrogens (tertiary/aromatic N) is 3. The number of anilines is 1. The molecule has 9 heteroatoms. The topological polar surface area (TPSA) is 93.4 Å². The Morgan fingerprint density at radius 1 is 1.07 bits per heavy atom. The lowest BCUT2D eigenvalue weighted by Crippen LogP contribution is -2.28. The quantitative estimate of drug-likeness (QED) is 0.594. The van der Waals surface area contributed by atoms with E-state index in [1.54, 1.807) is 32.3 Å². The highest BCUT2D eigenvalue weighted by Gasteiger charge is 2.20. The van der Waals surface area contributed by atoms with Crippen LogP contribution in [-0.2, 0) is 28.4 Å². The van der Waals surface area contributed by atoms with E-state index in [9.17, 15) is 18.0 Å². The van der Waals surface area contributed by atoms with E-state index in [2.05, 4.69) is 5.32 Å². The summed E-state index contributed by atoms with van der Waals surface area (Å²) in [4.78, 5) is 25.1. The van der Waals surface area contributed by atoms with Gasteiger partial charge in [0, 0.05) is 26.3 Å². The van der Waals surface area contributed by atoms with E-state index in [0.717, 1.165) is 18.4 Å². The van der Waals surface area contributed by atoms with Gasteiger partial charge in [0.25, 0.3) is 0 Å². The van der Waals surface area contributed by atoms with Gasteiger partial charge >= 0.3 is 5.69 Å². The fourth-order valence-electron chi connectivity index (χ4n) is 3.25. The van der Waals surface area contributed by atoms with Gasteiger partial charge in [-0.05, 0) is 42.8 Å². The van der Waals surface area contributed by atoms with Gasteiger partial charge < -0.3 is 5.32 Å². The van der Waals surface area contributed by atoms with Crippen LogP contribution in [0.1, 0.15) is 19.8 Å². The van der Waals surface area contributed by atoms with Crippen LogP contribution in [-0.4, -0.2) is 41.4 Å². The second-order valence-electron chi connectivity index (χ2n) is 7.17. The highest BCUT2D eigenvalue weighted by molar-refractivity contribution is 7.89. The molecule has 1 heterocycles. The van der Waals surface area contributed by atoms with Crippen LogP contribution in [0.3, 0.4) is 0 Å². The molecule has 0 aliphatic heterocycles. The number of amides is 1. The summed E-state index contributed by atoms with van der Waals surface area (Å²) in [5.74, 6) is -0.371. The average molecular weight is 431 g/mol. The van der Waals surface area contributed by atoms with Gasteiger partial charge in [0.2, 0.25) is 15.9 Å². The summed E-state index contributed by atoms with van der Waals surface area (Å²) >= 11 is 0. The van der Waals surface area contributed by atoms with Gasteiger partial charge in [0.05, 0.1) is 15.9 Å². The van der Waals surface area contributed by atoms with E-state index in [0.29, 0.717) is 17.7 Å². The standard InChI is InChI=1S/C21H26N4O4S/c1-4-5-14-23(2)30(28,29)17-12-10-16(11-13-17)22-20(26)15-25-19-9-7-6-8-18(19)24(3)21(25)27/h6-13H,4-5,14-15H2,1-3H3,(H,22,26). The minimum atomic E-state index is -3.56. The summed E-state index contributed by atoms with van der Waals surface area (Å²) in [5, 5.41) is 2.72.